The van der Waals surface area contributed by atoms with E-state index < -0.39 is 0 Å². The lowest BCUT2D eigenvalue weighted by Gasteiger charge is -2.35. The summed E-state index contributed by atoms with van der Waals surface area (Å²) >= 11 is 0. The molecule has 2 aromatic rings. The molecular formula is C23H32N4O2. The third-order valence-electron chi connectivity index (χ3n) is 5.52. The number of nitrogens with one attached hydrogen (secondary N) is 2. The van der Waals surface area contributed by atoms with Gasteiger partial charge in [-0.1, -0.05) is 19.1 Å². The van der Waals surface area contributed by atoms with Crippen LogP contribution in [0.4, 0.5) is 17.1 Å². The standard InChI is InChI=1S/C23H32N4O2/c1-5-26-12-14-27(15-13-26)19-10-11-20(17(2)16-19)24-18(3)23(28)25-21-8-6-7-9-22(21)29-4/h6-11,16,18,24H,5,12-15H2,1-4H3,(H,25,28). The normalized spacial score (nSPS) is 15.7. The summed E-state index contributed by atoms with van der Waals surface area (Å²) in [4.78, 5) is 17.5. The molecule has 1 aliphatic heterocycles. The van der Waals surface area contributed by atoms with E-state index >= 15 is 0 Å². The molecule has 2 N–H and O–H groups in total. The van der Waals surface area contributed by atoms with E-state index in [9.17, 15) is 4.79 Å². The van der Waals surface area contributed by atoms with E-state index in [1.807, 2.05) is 31.2 Å². The van der Waals surface area contributed by atoms with Gasteiger partial charge in [0.05, 0.1) is 12.8 Å². The number of likely N-dealkylation sites (N-methyl/N-ethyl adjacent to an activating group) is 1. The highest BCUT2D eigenvalue weighted by Gasteiger charge is 2.18. The summed E-state index contributed by atoms with van der Waals surface area (Å²) in [7, 11) is 1.60. The van der Waals surface area contributed by atoms with Crippen LogP contribution in [0.15, 0.2) is 42.5 Å². The minimum absolute atomic E-state index is 0.103. The van der Waals surface area contributed by atoms with Gasteiger partial charge in [-0.2, -0.15) is 0 Å². The Balaban J connectivity index is 1.61. The zero-order chi connectivity index (χ0) is 20.8. The molecule has 1 saturated heterocycles. The zero-order valence-electron chi connectivity index (χ0n) is 17.9. The summed E-state index contributed by atoms with van der Waals surface area (Å²) in [6.45, 7) is 11.6. The van der Waals surface area contributed by atoms with Crippen molar-refractivity contribution in [1.29, 1.82) is 0 Å². The minimum atomic E-state index is -0.377. The fraction of sp³-hybridized carbons (Fsp3) is 0.435. The first-order chi connectivity index (χ1) is 14.0. The van der Waals surface area contributed by atoms with Gasteiger partial charge in [-0.05, 0) is 56.3 Å². The van der Waals surface area contributed by atoms with Crippen LogP contribution in [0.3, 0.4) is 0 Å². The molecule has 0 aliphatic carbocycles. The molecule has 1 unspecified atom stereocenters. The van der Waals surface area contributed by atoms with E-state index in [1.54, 1.807) is 7.11 Å². The second-order valence-corrected chi connectivity index (χ2v) is 7.48. The number of rotatable bonds is 7. The van der Waals surface area contributed by atoms with Crippen molar-refractivity contribution in [2.24, 2.45) is 0 Å². The van der Waals surface area contributed by atoms with Gasteiger partial charge in [-0.3, -0.25) is 4.79 Å². The Morgan fingerprint density at radius 2 is 1.83 bits per heavy atom. The molecule has 0 saturated carbocycles. The van der Waals surface area contributed by atoms with Crippen molar-refractivity contribution in [2.75, 3.05) is 55.4 Å². The van der Waals surface area contributed by atoms with Crippen molar-refractivity contribution in [3.05, 3.63) is 48.0 Å². The number of carbonyl (C=O) groups excluding carboxylic acids is 1. The Kier molecular flexibility index (Phi) is 6.99. The van der Waals surface area contributed by atoms with Gasteiger partial charge in [-0.15, -0.1) is 0 Å². The van der Waals surface area contributed by atoms with Gasteiger partial charge >= 0.3 is 0 Å². The van der Waals surface area contributed by atoms with E-state index in [1.165, 1.54) is 5.69 Å². The third kappa shape index (κ3) is 5.21. The van der Waals surface area contributed by atoms with Crippen molar-refractivity contribution in [3.63, 3.8) is 0 Å². The highest BCUT2D eigenvalue weighted by Crippen LogP contribution is 2.26. The molecule has 29 heavy (non-hydrogen) atoms. The van der Waals surface area contributed by atoms with Gasteiger partial charge in [0, 0.05) is 37.6 Å². The lowest BCUT2D eigenvalue weighted by molar-refractivity contribution is -0.116. The predicted molar refractivity (Wildman–Crippen MR) is 120 cm³/mol. The molecule has 156 valence electrons. The number of amides is 1. The van der Waals surface area contributed by atoms with Gasteiger partial charge in [0.15, 0.2) is 0 Å². The van der Waals surface area contributed by atoms with Crippen LogP contribution in [-0.4, -0.2) is 56.7 Å². The molecule has 0 spiro atoms. The number of aryl methyl sites for hydroxylation is 1. The topological polar surface area (TPSA) is 56.8 Å². The summed E-state index contributed by atoms with van der Waals surface area (Å²) in [5, 5.41) is 6.27. The molecule has 2 aromatic carbocycles. The average Bonchev–Trinajstić information content (AvgIpc) is 2.75. The fourth-order valence-electron chi connectivity index (χ4n) is 3.62. The predicted octanol–water partition coefficient (Wildman–Crippen LogP) is 3.58. The summed E-state index contributed by atoms with van der Waals surface area (Å²) in [6.07, 6.45) is 0. The maximum absolute atomic E-state index is 12.6. The van der Waals surface area contributed by atoms with Gasteiger partial charge in [-0.25, -0.2) is 0 Å². The number of hydrogen-bond donors (Lipinski definition) is 2. The lowest BCUT2D eigenvalue weighted by Crippen LogP contribution is -2.46. The number of anilines is 3. The van der Waals surface area contributed by atoms with E-state index in [0.717, 1.165) is 44.0 Å². The first kappa shape index (κ1) is 21.0. The number of benzene rings is 2. The second kappa shape index (κ2) is 9.65. The Morgan fingerprint density at radius 3 is 2.48 bits per heavy atom. The number of nitrogens with zero attached hydrogens (tertiary/aromatic N) is 2. The van der Waals surface area contributed by atoms with Crippen molar-refractivity contribution in [2.45, 2.75) is 26.8 Å². The fourth-order valence-corrected chi connectivity index (χ4v) is 3.62. The Hall–Kier alpha value is -2.73. The lowest BCUT2D eigenvalue weighted by atomic mass is 10.1. The summed E-state index contributed by atoms with van der Waals surface area (Å²) in [6, 6.07) is 13.5. The van der Waals surface area contributed by atoms with Crippen molar-refractivity contribution in [1.82, 2.24) is 4.90 Å². The molecule has 0 radical (unpaired) electrons. The van der Waals surface area contributed by atoms with Crippen LogP contribution in [0, 0.1) is 6.92 Å². The molecule has 0 aromatic heterocycles. The highest BCUT2D eigenvalue weighted by molar-refractivity contribution is 5.97. The van der Waals surface area contributed by atoms with E-state index in [4.69, 9.17) is 4.74 Å². The van der Waals surface area contributed by atoms with Crippen LogP contribution in [-0.2, 0) is 4.79 Å². The average molecular weight is 397 g/mol. The first-order valence-electron chi connectivity index (χ1n) is 10.3. The monoisotopic (exact) mass is 396 g/mol. The number of para-hydroxylation sites is 2. The van der Waals surface area contributed by atoms with E-state index in [2.05, 4.69) is 52.5 Å². The molecule has 1 aliphatic rings. The molecule has 1 fully saturated rings. The van der Waals surface area contributed by atoms with E-state index in [-0.39, 0.29) is 11.9 Å². The van der Waals surface area contributed by atoms with Crippen molar-refractivity contribution in [3.8, 4) is 5.75 Å². The molecule has 1 amide bonds. The third-order valence-corrected chi connectivity index (χ3v) is 5.52. The molecule has 0 bridgehead atoms. The Labute approximate surface area is 173 Å². The number of ether oxygens (including phenoxy) is 1. The van der Waals surface area contributed by atoms with Crippen molar-refractivity contribution >= 4 is 23.0 Å². The minimum Gasteiger partial charge on any atom is -0.495 e. The van der Waals surface area contributed by atoms with Crippen LogP contribution >= 0.6 is 0 Å². The molecular weight excluding hydrogens is 364 g/mol. The van der Waals surface area contributed by atoms with Crippen LogP contribution < -0.4 is 20.3 Å². The number of methoxy groups -OCH3 is 1. The Morgan fingerprint density at radius 1 is 1.10 bits per heavy atom. The van der Waals surface area contributed by atoms with Gasteiger partial charge < -0.3 is 25.2 Å². The van der Waals surface area contributed by atoms with E-state index in [0.29, 0.717) is 11.4 Å². The number of hydrogen-bond acceptors (Lipinski definition) is 5. The van der Waals surface area contributed by atoms with Crippen LogP contribution in [0.5, 0.6) is 5.75 Å². The van der Waals surface area contributed by atoms with Crippen LogP contribution in [0.1, 0.15) is 19.4 Å². The van der Waals surface area contributed by atoms with Gasteiger partial charge in [0.1, 0.15) is 11.8 Å². The Bertz CT molecular complexity index is 831. The SMILES string of the molecule is CCN1CCN(c2ccc(NC(C)C(=O)Nc3ccccc3OC)c(C)c2)CC1. The zero-order valence-corrected chi connectivity index (χ0v) is 17.9. The highest BCUT2D eigenvalue weighted by atomic mass is 16.5. The van der Waals surface area contributed by atoms with Gasteiger partial charge in [0.2, 0.25) is 5.91 Å². The second-order valence-electron chi connectivity index (χ2n) is 7.48. The molecule has 6 heteroatoms. The molecule has 1 heterocycles. The number of carbonyl (C=O) groups is 1. The van der Waals surface area contributed by atoms with Crippen molar-refractivity contribution < 1.29 is 9.53 Å². The molecule has 1 atom stereocenters. The molecule has 3 rings (SSSR count). The maximum atomic E-state index is 12.6. The molecule has 6 nitrogen and oxygen atoms in total. The maximum Gasteiger partial charge on any atom is 0.246 e. The van der Waals surface area contributed by atoms with Gasteiger partial charge in [0.25, 0.3) is 0 Å². The summed E-state index contributed by atoms with van der Waals surface area (Å²) in [5.41, 5.74) is 4.03. The summed E-state index contributed by atoms with van der Waals surface area (Å²) in [5.74, 6) is 0.547. The quantitative estimate of drug-likeness (QED) is 0.749. The van der Waals surface area contributed by atoms with Crippen LogP contribution in [0.2, 0.25) is 0 Å². The van der Waals surface area contributed by atoms with Crippen LogP contribution in [0.25, 0.3) is 0 Å². The largest absolute Gasteiger partial charge is 0.495 e. The first-order valence-corrected chi connectivity index (χ1v) is 10.3. The smallest absolute Gasteiger partial charge is 0.246 e. The number of piperazine rings is 1. The summed E-state index contributed by atoms with van der Waals surface area (Å²) < 4.78 is 5.31.